The first kappa shape index (κ1) is 18.6. The molecule has 140 valence electrons. The van der Waals surface area contributed by atoms with E-state index in [1.807, 2.05) is 0 Å². The molecule has 0 spiro atoms. The van der Waals surface area contributed by atoms with Crippen molar-refractivity contribution in [2.45, 2.75) is 5.21 Å². The van der Waals surface area contributed by atoms with Crippen molar-refractivity contribution in [3.05, 3.63) is 121 Å². The fraction of sp³-hybridized carbons (Fsp3) is 0.0769. The van der Waals surface area contributed by atoms with Gasteiger partial charge >= 0.3 is 170 Å². The molecule has 0 aliphatic carbocycles. The van der Waals surface area contributed by atoms with E-state index in [9.17, 15) is 0 Å². The molecule has 0 unspecified atom stereocenters. The van der Waals surface area contributed by atoms with E-state index in [0.717, 1.165) is 11.0 Å². The van der Waals surface area contributed by atoms with Crippen molar-refractivity contribution in [3.63, 3.8) is 0 Å². The molecule has 0 N–H and O–H groups in total. The van der Waals surface area contributed by atoms with E-state index >= 15 is 0 Å². The van der Waals surface area contributed by atoms with Crippen LogP contribution < -0.4 is 17.8 Å². The monoisotopic (exact) mass is 428 g/mol. The van der Waals surface area contributed by atoms with Gasteiger partial charge in [0.05, 0.1) is 0 Å². The average Bonchev–Trinajstić information content (AvgIpc) is 2.80. The molecule has 0 saturated carbocycles. The summed E-state index contributed by atoms with van der Waals surface area (Å²) >= 11 is -2.92. The Morgan fingerprint density at radius 2 is 0.929 bits per heavy atom. The Labute approximate surface area is 170 Å². The summed E-state index contributed by atoms with van der Waals surface area (Å²) in [4.78, 5) is 0. The second-order valence-corrected chi connectivity index (χ2v) is 15.2. The minimum absolute atomic E-state index is 0.904. The maximum absolute atomic E-state index is 5.37. The molecule has 4 rings (SSSR count). The molecule has 4 aromatic rings. The second-order valence-electron chi connectivity index (χ2n) is 7.03. The van der Waals surface area contributed by atoms with E-state index in [0.29, 0.717) is 0 Å². The van der Waals surface area contributed by atoms with Gasteiger partial charge in [-0.15, -0.1) is 0 Å². The van der Waals surface area contributed by atoms with Gasteiger partial charge < -0.3 is 0 Å². The number of hydrogen-bond acceptors (Lipinski definition) is 1. The maximum atomic E-state index is 5.37. The summed E-state index contributed by atoms with van der Waals surface area (Å²) in [6.45, 7) is 0. The van der Waals surface area contributed by atoms with Crippen molar-refractivity contribution in [2.75, 3.05) is 7.11 Å². The Hall–Kier alpha value is -2.76. The fourth-order valence-corrected chi connectivity index (χ4v) is 14.0. The topological polar surface area (TPSA) is 9.23 Å². The number of methoxy groups -OCH3 is 1. The summed E-state index contributed by atoms with van der Waals surface area (Å²) in [5.74, 6) is 0.904. The van der Waals surface area contributed by atoms with E-state index in [-0.39, 0.29) is 0 Å². The van der Waals surface area contributed by atoms with Crippen molar-refractivity contribution in [1.82, 2.24) is 0 Å². The van der Waals surface area contributed by atoms with Gasteiger partial charge in [0.2, 0.25) is 0 Å². The number of ether oxygens (including phenoxy) is 1. The number of benzene rings is 4. The molecule has 0 fully saturated rings. The van der Waals surface area contributed by atoms with Crippen molar-refractivity contribution >= 4 is 26.6 Å². The third-order valence-corrected chi connectivity index (χ3v) is 15.7. The van der Waals surface area contributed by atoms with Crippen LogP contribution in [-0.4, -0.2) is 20.7 Å². The zero-order valence-corrected chi connectivity index (χ0v) is 18.2. The molecule has 4 aromatic carbocycles. The van der Waals surface area contributed by atoms with Crippen molar-refractivity contribution < 1.29 is 4.74 Å². The third kappa shape index (κ3) is 3.63. The summed E-state index contributed by atoms with van der Waals surface area (Å²) in [6.07, 6.45) is 0. The molecule has 0 radical (unpaired) electrons. The van der Waals surface area contributed by atoms with Crippen LogP contribution in [0.15, 0.2) is 115 Å². The molecule has 0 amide bonds. The van der Waals surface area contributed by atoms with E-state index in [2.05, 4.69) is 115 Å². The molecule has 2 heteroatoms. The van der Waals surface area contributed by atoms with Crippen molar-refractivity contribution in [3.8, 4) is 5.75 Å². The molecule has 0 aromatic heterocycles. The molecule has 0 aliphatic rings. The number of rotatable bonds is 6. The van der Waals surface area contributed by atoms with Crippen LogP contribution in [-0.2, 0) is 5.21 Å². The van der Waals surface area contributed by atoms with Crippen LogP contribution in [0, 0.1) is 0 Å². The van der Waals surface area contributed by atoms with Gasteiger partial charge in [0.1, 0.15) is 0 Å². The van der Waals surface area contributed by atoms with E-state index in [1.165, 1.54) is 18.6 Å². The first-order chi connectivity index (χ1) is 13.8. The Balaban J connectivity index is 1.95. The summed E-state index contributed by atoms with van der Waals surface area (Å²) in [5, 5.41) is 1.06. The fourth-order valence-electron chi connectivity index (χ4n) is 4.02. The van der Waals surface area contributed by atoms with Crippen LogP contribution in [0.5, 0.6) is 5.75 Å². The Bertz CT molecular complexity index is 900. The quantitative estimate of drug-likeness (QED) is 0.426. The summed E-state index contributed by atoms with van der Waals surface area (Å²) < 4.78 is 9.81. The van der Waals surface area contributed by atoms with Crippen LogP contribution in [0.1, 0.15) is 5.56 Å². The molecule has 28 heavy (non-hydrogen) atoms. The SMILES string of the molecule is COc1ccc(C[AsH](c2ccccc2)(c2ccccc2)c2ccccc2)cc1. The van der Waals surface area contributed by atoms with Crippen LogP contribution in [0.4, 0.5) is 0 Å². The van der Waals surface area contributed by atoms with Gasteiger partial charge in [0.15, 0.2) is 0 Å². The Kier molecular flexibility index (Phi) is 5.65. The van der Waals surface area contributed by atoms with E-state index in [1.54, 1.807) is 7.11 Å². The molecule has 0 bridgehead atoms. The van der Waals surface area contributed by atoms with E-state index < -0.39 is 13.6 Å². The average molecular weight is 428 g/mol. The van der Waals surface area contributed by atoms with Crippen LogP contribution >= 0.6 is 0 Å². The van der Waals surface area contributed by atoms with Gasteiger partial charge in [0, 0.05) is 0 Å². The van der Waals surface area contributed by atoms with Crippen LogP contribution in [0.3, 0.4) is 0 Å². The normalized spacial score (nSPS) is 11.8. The Morgan fingerprint density at radius 3 is 1.29 bits per heavy atom. The standard InChI is InChI=1S/C26H25AsO/c1-28-26-19-17-22(18-20-26)21-27(23-11-5-2-6-12-23,24-13-7-3-8-14-24)25-15-9-4-10-16-25/h2-20,27H,21H2,1H3. The van der Waals surface area contributed by atoms with Crippen LogP contribution in [0.2, 0.25) is 0 Å². The molecular formula is C26H25AsO. The predicted octanol–water partition coefficient (Wildman–Crippen LogP) is 3.68. The zero-order chi connectivity index (χ0) is 19.2. The number of hydrogen-bond donors (Lipinski definition) is 0. The molecule has 1 nitrogen and oxygen atoms in total. The molecule has 0 atom stereocenters. The van der Waals surface area contributed by atoms with Gasteiger partial charge in [-0.1, -0.05) is 0 Å². The predicted molar refractivity (Wildman–Crippen MR) is 122 cm³/mol. The van der Waals surface area contributed by atoms with Gasteiger partial charge in [-0.3, -0.25) is 0 Å². The third-order valence-electron chi connectivity index (χ3n) is 5.43. The van der Waals surface area contributed by atoms with Crippen LogP contribution in [0.25, 0.3) is 0 Å². The Morgan fingerprint density at radius 1 is 0.536 bits per heavy atom. The van der Waals surface area contributed by atoms with Gasteiger partial charge in [0.25, 0.3) is 0 Å². The molecule has 0 saturated heterocycles. The van der Waals surface area contributed by atoms with Gasteiger partial charge in [-0.05, 0) is 0 Å². The molecule has 0 aliphatic heterocycles. The molecular weight excluding hydrogens is 403 g/mol. The first-order valence-electron chi connectivity index (χ1n) is 9.62. The summed E-state index contributed by atoms with van der Waals surface area (Å²) in [6, 6.07) is 41.9. The molecule has 0 heterocycles. The van der Waals surface area contributed by atoms with Crippen molar-refractivity contribution in [2.24, 2.45) is 0 Å². The van der Waals surface area contributed by atoms with Gasteiger partial charge in [-0.25, -0.2) is 0 Å². The second kappa shape index (κ2) is 8.50. The zero-order valence-electron chi connectivity index (χ0n) is 16.1. The van der Waals surface area contributed by atoms with Gasteiger partial charge in [-0.2, -0.15) is 0 Å². The summed E-state index contributed by atoms with van der Waals surface area (Å²) in [7, 11) is 1.72. The minimum atomic E-state index is -2.92. The first-order valence-corrected chi connectivity index (χ1v) is 14.3. The summed E-state index contributed by atoms with van der Waals surface area (Å²) in [5.41, 5.74) is 1.36. The van der Waals surface area contributed by atoms with E-state index in [4.69, 9.17) is 4.74 Å². The van der Waals surface area contributed by atoms with Crippen molar-refractivity contribution in [1.29, 1.82) is 0 Å².